The Morgan fingerprint density at radius 1 is 0.443 bits per heavy atom. The largest absolute Gasteiger partial charge is 0.456 e. The highest BCUT2D eigenvalue weighted by Gasteiger charge is 2.52. The third kappa shape index (κ3) is 5.41. The van der Waals surface area contributed by atoms with E-state index in [0.29, 0.717) is 0 Å². The van der Waals surface area contributed by atoms with Gasteiger partial charge >= 0.3 is 0 Å². The van der Waals surface area contributed by atoms with Crippen LogP contribution in [0.1, 0.15) is 45.1 Å². The van der Waals surface area contributed by atoms with E-state index >= 15 is 0 Å². The lowest BCUT2D eigenvalue weighted by atomic mass is 9.65. The molecule has 3 aliphatic rings. The summed E-state index contributed by atoms with van der Waals surface area (Å²) in [4.78, 5) is 10.3. The lowest BCUT2D eigenvalue weighted by molar-refractivity contribution is 0.438. The van der Waals surface area contributed by atoms with Gasteiger partial charge in [-0.15, -0.1) is 0 Å². The van der Waals surface area contributed by atoms with Crippen LogP contribution in [0.2, 0.25) is 0 Å². The Morgan fingerprint density at radius 3 is 1.72 bits per heavy atom. The van der Waals surface area contributed by atoms with Gasteiger partial charge in [0.2, 0.25) is 0 Å². The van der Waals surface area contributed by atoms with Crippen LogP contribution in [0.15, 0.2) is 216 Å². The normalized spacial score (nSPS) is 16.1. The van der Waals surface area contributed by atoms with Crippen molar-refractivity contribution in [2.24, 2.45) is 9.98 Å². The monoisotopic (exact) mass is 782 g/mol. The molecule has 0 aromatic heterocycles. The summed E-state index contributed by atoms with van der Waals surface area (Å²) in [6, 6.07) is 72.9. The summed E-state index contributed by atoms with van der Waals surface area (Å²) >= 11 is 0. The fraction of sp³-hybridized carbons (Fsp3) is 0.0357. The zero-order valence-electron chi connectivity index (χ0n) is 33.1. The van der Waals surface area contributed by atoms with Crippen LogP contribution < -0.4 is 15.8 Å². The SMILES string of the molecule is Nc1ccc(-c2cccc3c2Oc2ccccc2C32c3ccccc3-c3c2cc(-c2ccc(C4N=C(c5ccccc5)NC(c5ccccc5)=N4)cc2)c2ccccc32)cc1. The molecule has 2 aliphatic heterocycles. The maximum absolute atomic E-state index is 7.00. The number of ether oxygens (including phenoxy) is 1. The number of aliphatic imine (C=N–C) groups is 2. The second-order valence-electron chi connectivity index (χ2n) is 15.9. The molecule has 0 saturated heterocycles. The molecule has 9 aromatic carbocycles. The predicted octanol–water partition coefficient (Wildman–Crippen LogP) is 12.7. The number of hydrogen-bond acceptors (Lipinski definition) is 5. The minimum atomic E-state index is -0.654. The van der Waals surface area contributed by atoms with Gasteiger partial charge in [-0.25, -0.2) is 9.98 Å². The average Bonchev–Trinajstić information content (AvgIpc) is 3.62. The molecule has 0 saturated carbocycles. The lowest BCUT2D eigenvalue weighted by Crippen LogP contribution is -2.35. The minimum absolute atomic E-state index is 0.416. The third-order valence-corrected chi connectivity index (χ3v) is 12.5. The smallest absolute Gasteiger partial charge is 0.169 e. The zero-order valence-corrected chi connectivity index (χ0v) is 33.1. The number of benzene rings is 9. The first kappa shape index (κ1) is 35.0. The maximum Gasteiger partial charge on any atom is 0.169 e. The summed E-state index contributed by atoms with van der Waals surface area (Å²) in [6.07, 6.45) is -0.416. The van der Waals surface area contributed by atoms with Crippen molar-refractivity contribution in [3.05, 3.63) is 245 Å². The number of para-hydroxylation sites is 2. The molecule has 3 N–H and O–H groups in total. The van der Waals surface area contributed by atoms with Gasteiger partial charge in [-0.1, -0.05) is 182 Å². The van der Waals surface area contributed by atoms with Crippen LogP contribution in [0.3, 0.4) is 0 Å². The number of nitrogens with one attached hydrogen (secondary N) is 1. The van der Waals surface area contributed by atoms with Crippen LogP contribution in [0.4, 0.5) is 5.69 Å². The fourth-order valence-corrected chi connectivity index (χ4v) is 9.83. The Hall–Kier alpha value is -8.02. The van der Waals surface area contributed by atoms with Crippen LogP contribution in [0, 0.1) is 0 Å². The van der Waals surface area contributed by atoms with Crippen molar-refractivity contribution in [2.75, 3.05) is 5.73 Å². The molecule has 0 bridgehead atoms. The molecule has 1 atom stereocenters. The molecule has 0 fully saturated rings. The molecule has 12 rings (SSSR count). The molecule has 0 amide bonds. The van der Waals surface area contributed by atoms with E-state index < -0.39 is 11.6 Å². The molecule has 1 spiro atoms. The predicted molar refractivity (Wildman–Crippen MR) is 248 cm³/mol. The van der Waals surface area contributed by atoms with Gasteiger partial charge < -0.3 is 15.8 Å². The highest BCUT2D eigenvalue weighted by molar-refractivity contribution is 6.16. The number of nitrogens with two attached hydrogens (primary N) is 1. The van der Waals surface area contributed by atoms with Crippen molar-refractivity contribution in [3.63, 3.8) is 0 Å². The summed E-state index contributed by atoms with van der Waals surface area (Å²) in [5, 5.41) is 5.94. The van der Waals surface area contributed by atoms with Gasteiger partial charge in [0, 0.05) is 33.5 Å². The van der Waals surface area contributed by atoms with Crippen LogP contribution >= 0.6 is 0 Å². The minimum Gasteiger partial charge on any atom is -0.456 e. The van der Waals surface area contributed by atoms with Gasteiger partial charge in [0.25, 0.3) is 0 Å². The average molecular weight is 783 g/mol. The van der Waals surface area contributed by atoms with E-state index in [4.69, 9.17) is 20.5 Å². The van der Waals surface area contributed by atoms with Crippen LogP contribution in [-0.2, 0) is 5.41 Å². The van der Waals surface area contributed by atoms with E-state index in [1.165, 1.54) is 38.6 Å². The summed E-state index contributed by atoms with van der Waals surface area (Å²) < 4.78 is 7.00. The molecule has 5 heteroatoms. The first-order chi connectivity index (χ1) is 30.1. The Bertz CT molecular complexity index is 3190. The van der Waals surface area contributed by atoms with Gasteiger partial charge in [0.05, 0.1) is 5.41 Å². The first-order valence-corrected chi connectivity index (χ1v) is 20.7. The van der Waals surface area contributed by atoms with E-state index in [-0.39, 0.29) is 0 Å². The number of hydrogen-bond donors (Lipinski definition) is 2. The van der Waals surface area contributed by atoms with Crippen LogP contribution in [0.5, 0.6) is 11.5 Å². The summed E-state index contributed by atoms with van der Waals surface area (Å²) in [5.74, 6) is 3.32. The van der Waals surface area contributed by atoms with Crippen LogP contribution in [0.25, 0.3) is 44.2 Å². The quantitative estimate of drug-likeness (QED) is 0.171. The molecular weight excluding hydrogens is 745 g/mol. The number of anilines is 1. The van der Waals surface area contributed by atoms with Crippen molar-refractivity contribution < 1.29 is 4.74 Å². The first-order valence-electron chi connectivity index (χ1n) is 20.7. The fourth-order valence-electron chi connectivity index (χ4n) is 9.83. The highest BCUT2D eigenvalue weighted by Crippen LogP contribution is 2.64. The Labute approximate surface area is 354 Å². The highest BCUT2D eigenvalue weighted by atomic mass is 16.5. The molecule has 288 valence electrons. The molecule has 0 radical (unpaired) electrons. The lowest BCUT2D eigenvalue weighted by Gasteiger charge is -2.40. The van der Waals surface area contributed by atoms with Gasteiger partial charge in [0.15, 0.2) is 6.17 Å². The summed E-state index contributed by atoms with van der Waals surface area (Å²) in [6.45, 7) is 0. The third-order valence-electron chi connectivity index (χ3n) is 12.5. The van der Waals surface area contributed by atoms with Gasteiger partial charge in [-0.2, -0.15) is 0 Å². The van der Waals surface area contributed by atoms with Crippen molar-refractivity contribution in [1.82, 2.24) is 5.32 Å². The van der Waals surface area contributed by atoms with Gasteiger partial charge in [0.1, 0.15) is 23.2 Å². The molecule has 9 aromatic rings. The van der Waals surface area contributed by atoms with Crippen molar-refractivity contribution in [3.8, 4) is 44.9 Å². The van der Waals surface area contributed by atoms with Gasteiger partial charge in [-0.05, 0) is 79.5 Å². The van der Waals surface area contributed by atoms with Crippen LogP contribution in [-0.4, -0.2) is 11.7 Å². The van der Waals surface area contributed by atoms with Crippen molar-refractivity contribution in [1.29, 1.82) is 0 Å². The zero-order chi connectivity index (χ0) is 40.5. The van der Waals surface area contributed by atoms with E-state index in [1.807, 2.05) is 48.5 Å². The Morgan fingerprint density at radius 2 is 1.00 bits per heavy atom. The number of nitrogen functional groups attached to an aromatic ring is 1. The summed E-state index contributed by atoms with van der Waals surface area (Å²) in [5.41, 5.74) is 20.9. The number of rotatable bonds is 5. The molecule has 5 nitrogen and oxygen atoms in total. The van der Waals surface area contributed by atoms with Gasteiger partial charge in [-0.3, -0.25) is 0 Å². The van der Waals surface area contributed by atoms with E-state index in [1.54, 1.807) is 0 Å². The summed E-state index contributed by atoms with van der Waals surface area (Å²) in [7, 11) is 0. The molecular formula is C56H38N4O. The molecule has 1 aliphatic carbocycles. The molecule has 1 unspecified atom stereocenters. The standard InChI is InChI=1S/C56H38N4O/c57-40-32-30-35(31-33-40)41-21-13-24-48-52(41)61-50-25-12-11-23-47(50)56(48)46-22-10-9-20-44(46)51-43-19-8-7-18-42(43)45(34-49(51)56)36-26-28-39(29-27-36)55-59-53(37-14-3-1-4-15-37)58-54(60-55)38-16-5-2-6-17-38/h1-34,55H,57H2,(H,58,59,60). The Balaban J connectivity index is 1.06. The van der Waals surface area contributed by atoms with Crippen molar-refractivity contribution >= 4 is 28.1 Å². The molecule has 61 heavy (non-hydrogen) atoms. The van der Waals surface area contributed by atoms with E-state index in [9.17, 15) is 0 Å². The number of nitrogens with zero attached hydrogens (tertiary/aromatic N) is 2. The second-order valence-corrected chi connectivity index (χ2v) is 15.9. The van der Waals surface area contributed by atoms with Crippen molar-refractivity contribution in [2.45, 2.75) is 11.6 Å². The second kappa shape index (κ2) is 13.8. The maximum atomic E-state index is 7.00. The van der Waals surface area contributed by atoms with E-state index in [0.717, 1.165) is 73.4 Å². The van der Waals surface area contributed by atoms with E-state index in [2.05, 4.69) is 163 Å². The molecule has 2 heterocycles. The topological polar surface area (TPSA) is 72.0 Å². The number of amidine groups is 2. The Kier molecular flexibility index (Phi) is 7.91. The number of fused-ring (bicyclic) bond motifs is 11.